The summed E-state index contributed by atoms with van der Waals surface area (Å²) in [6, 6.07) is 18.2. The lowest BCUT2D eigenvalue weighted by Crippen LogP contribution is -2.46. The summed E-state index contributed by atoms with van der Waals surface area (Å²) in [5.41, 5.74) is -0.231. The number of hydrogen-bond donors (Lipinski definition) is 1. The van der Waals surface area contributed by atoms with Gasteiger partial charge in [0.1, 0.15) is 12.8 Å². The molecule has 1 N–H and O–H groups in total. The van der Waals surface area contributed by atoms with Gasteiger partial charge in [-0.2, -0.15) is 4.39 Å². The van der Waals surface area contributed by atoms with E-state index in [9.17, 15) is 18.8 Å². The zero-order valence-corrected chi connectivity index (χ0v) is 16.7. The maximum Gasteiger partial charge on any atom is 0.333 e. The molecule has 1 amide bonds. The van der Waals surface area contributed by atoms with Crippen molar-refractivity contribution in [2.75, 3.05) is 6.61 Å². The van der Waals surface area contributed by atoms with Crippen LogP contribution in [0.1, 0.15) is 36.2 Å². The molecular formula is C23H22FN3O4. The fraction of sp³-hybridized carbons (Fsp3) is 0.261. The van der Waals surface area contributed by atoms with Crippen molar-refractivity contribution in [2.45, 2.75) is 31.7 Å². The molecule has 1 atom stereocenters. The minimum atomic E-state index is -1.13. The highest BCUT2D eigenvalue weighted by atomic mass is 19.1. The fourth-order valence-electron chi connectivity index (χ4n) is 3.71. The van der Waals surface area contributed by atoms with Gasteiger partial charge in [-0.1, -0.05) is 60.7 Å². The minimum Gasteiger partial charge on any atom is -0.358 e. The zero-order chi connectivity index (χ0) is 21.8. The number of ether oxygens (including phenoxy) is 1. The molecule has 1 fully saturated rings. The minimum absolute atomic E-state index is 0.453. The van der Waals surface area contributed by atoms with Crippen molar-refractivity contribution < 1.29 is 13.9 Å². The van der Waals surface area contributed by atoms with Crippen LogP contribution in [0.25, 0.3) is 0 Å². The Kier molecular flexibility index (Phi) is 6.08. The van der Waals surface area contributed by atoms with Gasteiger partial charge in [-0.05, 0) is 24.0 Å². The van der Waals surface area contributed by atoms with Crippen molar-refractivity contribution in [2.24, 2.45) is 0 Å². The smallest absolute Gasteiger partial charge is 0.333 e. The maximum atomic E-state index is 14.2. The Morgan fingerprint density at radius 1 is 1.06 bits per heavy atom. The van der Waals surface area contributed by atoms with Crippen LogP contribution in [0, 0.1) is 5.82 Å². The molecule has 4 rings (SSSR count). The van der Waals surface area contributed by atoms with E-state index in [4.69, 9.17) is 4.74 Å². The molecule has 1 aliphatic heterocycles. The summed E-state index contributed by atoms with van der Waals surface area (Å²) < 4.78 is 21.3. The van der Waals surface area contributed by atoms with E-state index in [0.29, 0.717) is 17.6 Å². The molecule has 0 spiro atoms. The summed E-state index contributed by atoms with van der Waals surface area (Å²) in [5.74, 6) is -1.69. The lowest BCUT2D eigenvalue weighted by molar-refractivity contribution is -0.122. The van der Waals surface area contributed by atoms with Gasteiger partial charge >= 0.3 is 5.69 Å². The Balaban J connectivity index is 1.63. The number of halogens is 1. The second kappa shape index (κ2) is 9.09. The van der Waals surface area contributed by atoms with E-state index in [1.54, 1.807) is 0 Å². The standard InChI is InChI=1S/C23H22FN3O4/c24-18-14-26(20-12-7-13-31-20)23(30)27(22(18)29)15-19(28)25-21(16-8-3-1-4-9-16)17-10-5-2-6-11-17/h1-6,8-11,14,20-21H,7,12-13,15H2,(H,25,28). The molecule has 31 heavy (non-hydrogen) atoms. The van der Waals surface area contributed by atoms with Crippen LogP contribution in [0.3, 0.4) is 0 Å². The molecule has 8 heteroatoms. The summed E-state index contributed by atoms with van der Waals surface area (Å²) in [4.78, 5) is 37.9. The number of nitrogens with one attached hydrogen (secondary N) is 1. The Hall–Kier alpha value is -3.52. The molecular weight excluding hydrogens is 401 g/mol. The van der Waals surface area contributed by atoms with Gasteiger partial charge in [-0.3, -0.25) is 14.2 Å². The van der Waals surface area contributed by atoms with E-state index in [0.717, 1.165) is 28.3 Å². The summed E-state index contributed by atoms with van der Waals surface area (Å²) in [7, 11) is 0. The van der Waals surface area contributed by atoms with Crippen LogP contribution in [-0.4, -0.2) is 21.6 Å². The van der Waals surface area contributed by atoms with Gasteiger partial charge < -0.3 is 10.1 Å². The second-order valence-electron chi connectivity index (χ2n) is 7.35. The average molecular weight is 423 g/mol. The Bertz CT molecular complexity index is 1130. The largest absolute Gasteiger partial charge is 0.358 e. The predicted octanol–water partition coefficient (Wildman–Crippen LogP) is 2.36. The molecule has 2 aromatic carbocycles. The summed E-state index contributed by atoms with van der Waals surface area (Å²) in [6.45, 7) is -0.146. The Morgan fingerprint density at radius 2 is 1.68 bits per heavy atom. The molecule has 1 unspecified atom stereocenters. The SMILES string of the molecule is O=C(Cn1c(=O)c(F)cn(C2CCCO2)c1=O)NC(c1ccccc1)c1ccccc1. The normalized spacial score (nSPS) is 15.9. The van der Waals surface area contributed by atoms with Gasteiger partial charge in [0.25, 0.3) is 5.56 Å². The highest BCUT2D eigenvalue weighted by Gasteiger charge is 2.24. The number of rotatable bonds is 6. The van der Waals surface area contributed by atoms with Crippen molar-refractivity contribution in [3.63, 3.8) is 0 Å². The molecule has 0 bridgehead atoms. The fourth-order valence-corrected chi connectivity index (χ4v) is 3.71. The molecule has 0 saturated carbocycles. The third-order valence-electron chi connectivity index (χ3n) is 5.24. The lowest BCUT2D eigenvalue weighted by Gasteiger charge is -2.20. The molecule has 7 nitrogen and oxygen atoms in total. The van der Waals surface area contributed by atoms with Gasteiger partial charge in [-0.25, -0.2) is 9.36 Å². The third-order valence-corrected chi connectivity index (χ3v) is 5.24. The first-order chi connectivity index (χ1) is 15.0. The number of nitrogens with zero attached hydrogens (tertiary/aromatic N) is 2. The number of carbonyl (C=O) groups is 1. The molecule has 2 heterocycles. The monoisotopic (exact) mass is 423 g/mol. The average Bonchev–Trinajstić information content (AvgIpc) is 3.33. The van der Waals surface area contributed by atoms with Gasteiger partial charge in [0, 0.05) is 6.61 Å². The third kappa shape index (κ3) is 4.49. The van der Waals surface area contributed by atoms with Crippen molar-refractivity contribution in [1.82, 2.24) is 14.5 Å². The lowest BCUT2D eigenvalue weighted by atomic mass is 9.99. The number of benzene rings is 2. The maximum absolute atomic E-state index is 14.2. The van der Waals surface area contributed by atoms with Crippen molar-refractivity contribution in [3.05, 3.63) is 105 Å². The Labute approximate surface area is 177 Å². The van der Waals surface area contributed by atoms with Crippen LogP contribution in [0.2, 0.25) is 0 Å². The van der Waals surface area contributed by atoms with E-state index in [-0.39, 0.29) is 0 Å². The van der Waals surface area contributed by atoms with Gasteiger partial charge in [0.2, 0.25) is 11.7 Å². The molecule has 3 aromatic rings. The van der Waals surface area contributed by atoms with Crippen molar-refractivity contribution in [3.8, 4) is 0 Å². The van der Waals surface area contributed by atoms with E-state index in [1.165, 1.54) is 0 Å². The molecule has 0 radical (unpaired) electrons. The molecule has 160 valence electrons. The van der Waals surface area contributed by atoms with E-state index >= 15 is 0 Å². The molecule has 1 saturated heterocycles. The molecule has 0 aliphatic carbocycles. The van der Waals surface area contributed by atoms with E-state index in [2.05, 4.69) is 5.32 Å². The zero-order valence-electron chi connectivity index (χ0n) is 16.7. The van der Waals surface area contributed by atoms with E-state index in [1.807, 2.05) is 60.7 Å². The second-order valence-corrected chi connectivity index (χ2v) is 7.35. The molecule has 1 aromatic heterocycles. The Morgan fingerprint density at radius 3 is 2.23 bits per heavy atom. The van der Waals surface area contributed by atoms with Crippen LogP contribution in [0.5, 0.6) is 0 Å². The summed E-state index contributed by atoms with van der Waals surface area (Å²) in [6.07, 6.45) is 1.48. The van der Waals surface area contributed by atoms with Crippen molar-refractivity contribution >= 4 is 5.91 Å². The highest BCUT2D eigenvalue weighted by molar-refractivity contribution is 5.76. The topological polar surface area (TPSA) is 82.3 Å². The number of carbonyl (C=O) groups excluding carboxylic acids is 1. The van der Waals surface area contributed by atoms with Crippen LogP contribution < -0.4 is 16.6 Å². The number of aromatic nitrogens is 2. The number of amides is 1. The van der Waals surface area contributed by atoms with Crippen LogP contribution >= 0.6 is 0 Å². The predicted molar refractivity (Wildman–Crippen MR) is 112 cm³/mol. The van der Waals surface area contributed by atoms with Gasteiger partial charge in [0.15, 0.2) is 0 Å². The van der Waals surface area contributed by atoms with Gasteiger partial charge in [-0.15, -0.1) is 0 Å². The summed E-state index contributed by atoms with van der Waals surface area (Å²) >= 11 is 0. The highest BCUT2D eigenvalue weighted by Crippen LogP contribution is 2.22. The first-order valence-corrected chi connectivity index (χ1v) is 10.1. The quantitative estimate of drug-likeness (QED) is 0.660. The first kappa shape index (κ1) is 20.7. The summed E-state index contributed by atoms with van der Waals surface area (Å²) in [5, 5.41) is 2.86. The van der Waals surface area contributed by atoms with E-state index < -0.39 is 41.8 Å². The number of hydrogen-bond acceptors (Lipinski definition) is 4. The van der Waals surface area contributed by atoms with Crippen LogP contribution in [-0.2, 0) is 16.1 Å². The van der Waals surface area contributed by atoms with Gasteiger partial charge in [0.05, 0.1) is 12.2 Å². The molecule has 1 aliphatic rings. The van der Waals surface area contributed by atoms with Crippen molar-refractivity contribution in [1.29, 1.82) is 0 Å². The van der Waals surface area contributed by atoms with Crippen LogP contribution in [0.15, 0.2) is 76.4 Å². The first-order valence-electron chi connectivity index (χ1n) is 10.1. The van der Waals surface area contributed by atoms with Crippen LogP contribution in [0.4, 0.5) is 4.39 Å².